The summed E-state index contributed by atoms with van der Waals surface area (Å²) >= 11 is 0. The lowest BCUT2D eigenvalue weighted by molar-refractivity contribution is -0.218. The maximum atomic E-state index is 12.2. The molecule has 0 aromatic heterocycles. The molecule has 0 saturated carbocycles. The molecular weight excluding hydrogens is 400 g/mol. The minimum atomic E-state index is -3.09. The van der Waals surface area contributed by atoms with Crippen LogP contribution in [0.2, 0.25) is 0 Å². The summed E-state index contributed by atoms with van der Waals surface area (Å²) in [6.07, 6.45) is 0. The van der Waals surface area contributed by atoms with Crippen molar-refractivity contribution in [2.75, 3.05) is 0 Å². The Morgan fingerprint density at radius 1 is 0.448 bits per heavy atom. The van der Waals surface area contributed by atoms with Gasteiger partial charge in [0.25, 0.3) is 11.2 Å². The van der Waals surface area contributed by atoms with Gasteiger partial charge < -0.3 is 23.7 Å². The fourth-order valence-corrected chi connectivity index (χ4v) is 1.65. The van der Waals surface area contributed by atoms with Gasteiger partial charge >= 0.3 is 47.8 Å². The van der Waals surface area contributed by atoms with Crippen molar-refractivity contribution in [3.8, 4) is 0 Å². The lowest BCUT2D eigenvalue weighted by Gasteiger charge is -2.32. The van der Waals surface area contributed by atoms with Crippen LogP contribution in [0.4, 0.5) is 0 Å². The maximum Gasteiger partial charge on any atom is 0.357 e. The molecule has 0 fully saturated rings. The van der Waals surface area contributed by atoms with Crippen molar-refractivity contribution in [1.82, 2.24) is 0 Å². The summed E-state index contributed by atoms with van der Waals surface area (Å²) in [5.74, 6) is -12.0. The molecule has 0 unspecified atom stereocenters. The normalized spacial score (nSPS) is 11.0. The summed E-state index contributed by atoms with van der Waals surface area (Å²) in [6.45, 7) is 4.32. The van der Waals surface area contributed by atoms with Crippen LogP contribution in [0, 0.1) is 0 Å². The number of esters is 8. The smallest absolute Gasteiger partial charge is 0.357 e. The Balaban J connectivity index is 6.40. The molecule has 0 aliphatic rings. The van der Waals surface area contributed by atoms with E-state index >= 15 is 0 Å². The van der Waals surface area contributed by atoms with Gasteiger partial charge in [0, 0.05) is 27.7 Å². The third-order valence-electron chi connectivity index (χ3n) is 2.91. The predicted molar refractivity (Wildman–Crippen MR) is 85.0 cm³/mol. The number of hydrogen-bond acceptors (Lipinski definition) is 13. The van der Waals surface area contributed by atoms with Gasteiger partial charge in [-0.3, -0.25) is 19.2 Å². The zero-order valence-corrected chi connectivity index (χ0v) is 16.3. The largest absolute Gasteiger partial charge is 0.391 e. The van der Waals surface area contributed by atoms with Crippen LogP contribution in [0.25, 0.3) is 0 Å². The number of rotatable bonds is 6. The summed E-state index contributed by atoms with van der Waals surface area (Å²) in [5, 5.41) is 0. The van der Waals surface area contributed by atoms with Crippen LogP contribution >= 0.6 is 0 Å². The molecule has 0 saturated heterocycles. The van der Waals surface area contributed by atoms with E-state index in [2.05, 4.69) is 18.9 Å². The van der Waals surface area contributed by atoms with E-state index in [9.17, 15) is 38.4 Å². The molecule has 160 valence electrons. The topological polar surface area (TPSA) is 183 Å². The lowest BCUT2D eigenvalue weighted by atomic mass is 10.0. The SMILES string of the molecule is CC(=O)OC(=O)C(C)(OC(C)(C(=O)OC(C)=O)C(=O)OC(C)=O)C(=O)OC(C)=O. The van der Waals surface area contributed by atoms with Crippen molar-refractivity contribution < 1.29 is 62.0 Å². The molecule has 0 amide bonds. The van der Waals surface area contributed by atoms with Crippen molar-refractivity contribution in [2.45, 2.75) is 52.7 Å². The molecule has 0 spiro atoms. The Labute approximate surface area is 163 Å². The average Bonchev–Trinajstić information content (AvgIpc) is 2.51. The van der Waals surface area contributed by atoms with Gasteiger partial charge in [0.2, 0.25) is 0 Å². The van der Waals surface area contributed by atoms with Gasteiger partial charge in [-0.1, -0.05) is 0 Å². The molecule has 0 radical (unpaired) electrons. The van der Waals surface area contributed by atoms with Gasteiger partial charge in [0.15, 0.2) is 0 Å². The van der Waals surface area contributed by atoms with E-state index in [0.29, 0.717) is 13.8 Å². The molecule has 0 aromatic rings. The molecule has 0 aromatic carbocycles. The van der Waals surface area contributed by atoms with Crippen molar-refractivity contribution in [3.05, 3.63) is 0 Å². The number of carbonyl (C=O) groups excluding carboxylic acids is 8. The van der Waals surface area contributed by atoms with Crippen LogP contribution in [-0.2, 0) is 62.0 Å². The molecular formula is C16H18O13. The molecule has 13 heteroatoms. The third kappa shape index (κ3) is 6.88. The quantitative estimate of drug-likeness (QED) is 0.287. The summed E-state index contributed by atoms with van der Waals surface area (Å²) in [4.78, 5) is 93.3. The van der Waals surface area contributed by atoms with Crippen LogP contribution in [0.3, 0.4) is 0 Å². The lowest BCUT2D eigenvalue weighted by Crippen LogP contribution is -2.60. The minimum absolute atomic E-state index is 0.601. The van der Waals surface area contributed by atoms with Gasteiger partial charge in [-0.2, -0.15) is 0 Å². The predicted octanol–water partition coefficient (Wildman–Crippen LogP) is -1.12. The van der Waals surface area contributed by atoms with E-state index in [4.69, 9.17) is 4.74 Å². The van der Waals surface area contributed by atoms with Crippen LogP contribution in [0.5, 0.6) is 0 Å². The fraction of sp³-hybridized carbons (Fsp3) is 0.500. The first-order valence-corrected chi connectivity index (χ1v) is 7.67. The van der Waals surface area contributed by atoms with E-state index in [0.717, 1.165) is 27.7 Å². The Hall–Kier alpha value is -3.48. The van der Waals surface area contributed by atoms with Crippen LogP contribution in [0.1, 0.15) is 41.5 Å². The number of hydrogen-bond donors (Lipinski definition) is 0. The van der Waals surface area contributed by atoms with Crippen molar-refractivity contribution in [1.29, 1.82) is 0 Å². The van der Waals surface area contributed by atoms with Gasteiger partial charge in [0.1, 0.15) is 0 Å². The third-order valence-corrected chi connectivity index (χ3v) is 2.91. The van der Waals surface area contributed by atoms with Crippen molar-refractivity contribution in [2.24, 2.45) is 0 Å². The second-order valence-electron chi connectivity index (χ2n) is 5.69. The molecule has 29 heavy (non-hydrogen) atoms. The Morgan fingerprint density at radius 3 is 0.759 bits per heavy atom. The molecule has 0 atom stereocenters. The Bertz CT molecular complexity index is 656. The van der Waals surface area contributed by atoms with Gasteiger partial charge in [-0.25, -0.2) is 19.2 Å². The molecule has 0 aliphatic carbocycles. The fourth-order valence-electron chi connectivity index (χ4n) is 1.65. The highest BCUT2D eigenvalue weighted by molar-refractivity contribution is 6.12. The van der Waals surface area contributed by atoms with E-state index in [1.165, 1.54) is 0 Å². The zero-order valence-electron chi connectivity index (χ0n) is 16.3. The summed E-state index contributed by atoms with van der Waals surface area (Å²) in [5.41, 5.74) is -6.17. The van der Waals surface area contributed by atoms with Crippen molar-refractivity contribution >= 4 is 47.8 Å². The average molecular weight is 418 g/mol. The number of ether oxygens (including phenoxy) is 5. The first-order chi connectivity index (χ1) is 13.1. The van der Waals surface area contributed by atoms with Crippen LogP contribution in [0.15, 0.2) is 0 Å². The molecule has 0 heterocycles. The highest BCUT2D eigenvalue weighted by Gasteiger charge is 2.59. The first-order valence-electron chi connectivity index (χ1n) is 7.67. The first kappa shape index (κ1) is 25.5. The zero-order chi connectivity index (χ0) is 23.2. The van der Waals surface area contributed by atoms with Crippen LogP contribution in [-0.4, -0.2) is 59.0 Å². The second kappa shape index (κ2) is 9.64. The summed E-state index contributed by atoms with van der Waals surface area (Å²) < 4.78 is 21.9. The molecule has 0 aliphatic heterocycles. The van der Waals surface area contributed by atoms with Gasteiger partial charge in [0.05, 0.1) is 0 Å². The monoisotopic (exact) mass is 418 g/mol. The molecule has 0 N–H and O–H groups in total. The highest BCUT2D eigenvalue weighted by atomic mass is 16.7. The summed E-state index contributed by atoms with van der Waals surface area (Å²) in [6, 6.07) is 0. The van der Waals surface area contributed by atoms with Crippen molar-refractivity contribution in [3.63, 3.8) is 0 Å². The van der Waals surface area contributed by atoms with E-state index < -0.39 is 59.0 Å². The van der Waals surface area contributed by atoms with Crippen LogP contribution < -0.4 is 0 Å². The highest BCUT2D eigenvalue weighted by Crippen LogP contribution is 2.27. The van der Waals surface area contributed by atoms with Gasteiger partial charge in [-0.05, 0) is 13.8 Å². The van der Waals surface area contributed by atoms with E-state index in [1.807, 2.05) is 0 Å². The Kier molecular flexibility index (Phi) is 8.48. The molecule has 13 nitrogen and oxygen atoms in total. The van der Waals surface area contributed by atoms with Gasteiger partial charge in [-0.15, -0.1) is 0 Å². The maximum absolute atomic E-state index is 12.2. The van der Waals surface area contributed by atoms with E-state index in [-0.39, 0.29) is 0 Å². The van der Waals surface area contributed by atoms with E-state index in [1.54, 1.807) is 0 Å². The molecule has 0 bridgehead atoms. The standard InChI is InChI=1S/C16H18O13/c1-7(17)25-11(21)15(5,12(22)26-8(2)18)29-16(6,13(23)27-9(3)19)14(24)28-10(4)20/h1-6H3. The minimum Gasteiger partial charge on any atom is -0.391 e. The molecule has 0 rings (SSSR count). The Morgan fingerprint density at radius 2 is 0.621 bits per heavy atom. The summed E-state index contributed by atoms with van der Waals surface area (Å²) in [7, 11) is 0. The number of carbonyl (C=O) groups is 8. The second-order valence-corrected chi connectivity index (χ2v) is 5.69.